The van der Waals surface area contributed by atoms with Gasteiger partial charge in [0, 0.05) is 19.5 Å². The highest BCUT2D eigenvalue weighted by Gasteiger charge is 2.29. The monoisotopic (exact) mass is 255 g/mol. The number of nitrogens with zero attached hydrogens (tertiary/aromatic N) is 1. The van der Waals surface area contributed by atoms with Gasteiger partial charge < -0.3 is 0 Å². The number of carbonyl (C=O) groups excluding carboxylic acids is 1. The lowest BCUT2D eigenvalue weighted by atomic mass is 9.94. The minimum atomic E-state index is -3.28. The zero-order chi connectivity index (χ0) is 12.3. The number of alkyl halides is 2. The third kappa shape index (κ3) is 3.79. The minimum Gasteiger partial charge on any atom is -0.293 e. The highest BCUT2D eigenvalue weighted by atomic mass is 32.2. The van der Waals surface area contributed by atoms with Crippen molar-refractivity contribution >= 4 is 15.8 Å². The molecule has 0 aromatic heterocycles. The van der Waals surface area contributed by atoms with Crippen molar-refractivity contribution in [3.05, 3.63) is 0 Å². The first-order chi connectivity index (χ1) is 7.30. The van der Waals surface area contributed by atoms with Crippen LogP contribution in [0.3, 0.4) is 0 Å². The second-order valence-electron chi connectivity index (χ2n) is 4.10. The van der Waals surface area contributed by atoms with E-state index in [4.69, 9.17) is 0 Å². The average Bonchev–Trinajstić information content (AvgIpc) is 2.16. The average molecular weight is 255 g/mol. The highest BCUT2D eigenvalue weighted by molar-refractivity contribution is 7.88. The van der Waals surface area contributed by atoms with Crippen molar-refractivity contribution in [1.29, 1.82) is 0 Å². The van der Waals surface area contributed by atoms with Gasteiger partial charge in [-0.25, -0.2) is 21.5 Å². The van der Waals surface area contributed by atoms with Gasteiger partial charge in [-0.05, 0) is 18.8 Å². The summed E-state index contributed by atoms with van der Waals surface area (Å²) in [6, 6.07) is 0. The number of carbonyl (C=O) groups is 1. The van der Waals surface area contributed by atoms with Crippen LogP contribution in [0, 0.1) is 5.92 Å². The van der Waals surface area contributed by atoms with Crippen molar-refractivity contribution in [2.75, 3.05) is 19.3 Å². The van der Waals surface area contributed by atoms with E-state index in [9.17, 15) is 22.0 Å². The lowest BCUT2D eigenvalue weighted by Crippen LogP contribution is -2.40. The van der Waals surface area contributed by atoms with Gasteiger partial charge in [-0.1, -0.05) is 0 Å². The molecular formula is C9H15F2NO3S. The molecule has 94 valence electrons. The molecular weight excluding hydrogens is 240 g/mol. The molecule has 1 unspecified atom stereocenters. The van der Waals surface area contributed by atoms with E-state index in [1.54, 1.807) is 0 Å². The first kappa shape index (κ1) is 13.5. The molecule has 1 aliphatic heterocycles. The third-order valence-electron chi connectivity index (χ3n) is 2.68. The molecule has 16 heavy (non-hydrogen) atoms. The Kier molecular flexibility index (Phi) is 4.37. The Morgan fingerprint density at radius 3 is 2.62 bits per heavy atom. The number of hydrogen-bond acceptors (Lipinski definition) is 3. The number of rotatable bonds is 4. The van der Waals surface area contributed by atoms with Crippen LogP contribution in [0.4, 0.5) is 8.78 Å². The Bertz CT molecular complexity index is 356. The lowest BCUT2D eigenvalue weighted by molar-refractivity contribution is -0.130. The van der Waals surface area contributed by atoms with Crippen LogP contribution in [-0.4, -0.2) is 44.3 Å². The van der Waals surface area contributed by atoms with E-state index < -0.39 is 22.2 Å². The van der Waals surface area contributed by atoms with Crippen molar-refractivity contribution in [2.24, 2.45) is 5.92 Å². The molecule has 1 heterocycles. The Balaban J connectivity index is 2.55. The predicted octanol–water partition coefficient (Wildman–Crippen LogP) is 0.882. The van der Waals surface area contributed by atoms with Crippen molar-refractivity contribution in [3.8, 4) is 0 Å². The maximum atomic E-state index is 12.0. The molecule has 1 rings (SSSR count). The minimum absolute atomic E-state index is 0.178. The highest BCUT2D eigenvalue weighted by Crippen LogP contribution is 2.22. The number of hydrogen-bond donors (Lipinski definition) is 0. The standard InChI is InChI=1S/C9H15F2NO3S/c1-16(14,15)12-4-2-3-7(6-12)5-8(13)9(10)11/h7,9H,2-6H2,1H3. The van der Waals surface area contributed by atoms with Gasteiger partial charge in [0.1, 0.15) is 0 Å². The fourth-order valence-electron chi connectivity index (χ4n) is 1.87. The summed E-state index contributed by atoms with van der Waals surface area (Å²) in [5.41, 5.74) is 0. The number of ketones is 1. The summed E-state index contributed by atoms with van der Waals surface area (Å²) >= 11 is 0. The molecule has 0 aromatic rings. The smallest absolute Gasteiger partial charge is 0.293 e. The summed E-state index contributed by atoms with van der Waals surface area (Å²) in [6.45, 7) is 0.593. The van der Waals surface area contributed by atoms with Gasteiger partial charge in [0.25, 0.3) is 6.43 Å². The zero-order valence-corrected chi connectivity index (χ0v) is 9.84. The normalized spacial score (nSPS) is 23.6. The van der Waals surface area contributed by atoms with Gasteiger partial charge in [-0.15, -0.1) is 0 Å². The molecule has 7 heteroatoms. The number of Topliss-reactive ketones (excluding diaryl/α,β-unsaturated/α-hetero) is 1. The van der Waals surface area contributed by atoms with Crippen molar-refractivity contribution in [1.82, 2.24) is 4.31 Å². The Labute approximate surface area is 93.7 Å². The maximum absolute atomic E-state index is 12.0. The van der Waals surface area contributed by atoms with Gasteiger partial charge in [-0.2, -0.15) is 0 Å². The first-order valence-electron chi connectivity index (χ1n) is 5.06. The molecule has 0 aliphatic carbocycles. The van der Waals surface area contributed by atoms with Crippen LogP contribution >= 0.6 is 0 Å². The Morgan fingerprint density at radius 1 is 1.50 bits per heavy atom. The molecule has 0 saturated carbocycles. The molecule has 0 N–H and O–H groups in total. The molecule has 0 amide bonds. The van der Waals surface area contributed by atoms with E-state index >= 15 is 0 Å². The molecule has 0 radical (unpaired) electrons. The van der Waals surface area contributed by atoms with Gasteiger partial charge in [0.05, 0.1) is 6.26 Å². The Hall–Kier alpha value is -0.560. The third-order valence-corrected chi connectivity index (χ3v) is 3.95. The number of halogens is 2. The molecule has 1 saturated heterocycles. The van der Waals surface area contributed by atoms with E-state index in [1.165, 1.54) is 4.31 Å². The topological polar surface area (TPSA) is 54.5 Å². The number of piperidine rings is 1. The summed E-state index contributed by atoms with van der Waals surface area (Å²) in [5, 5.41) is 0. The molecule has 0 bridgehead atoms. The molecule has 1 aliphatic rings. The second kappa shape index (κ2) is 5.18. The largest absolute Gasteiger partial charge is 0.295 e. The first-order valence-corrected chi connectivity index (χ1v) is 6.91. The van der Waals surface area contributed by atoms with Crippen LogP contribution in [0.15, 0.2) is 0 Å². The molecule has 0 spiro atoms. The van der Waals surface area contributed by atoms with Crippen LogP contribution < -0.4 is 0 Å². The van der Waals surface area contributed by atoms with E-state index in [0.29, 0.717) is 19.4 Å². The van der Waals surface area contributed by atoms with Crippen LogP contribution in [-0.2, 0) is 14.8 Å². The second-order valence-corrected chi connectivity index (χ2v) is 6.08. The van der Waals surface area contributed by atoms with Gasteiger partial charge in [-0.3, -0.25) is 4.79 Å². The molecule has 1 atom stereocenters. The predicted molar refractivity (Wildman–Crippen MR) is 54.8 cm³/mol. The summed E-state index contributed by atoms with van der Waals surface area (Å²) in [5.74, 6) is -1.37. The lowest BCUT2D eigenvalue weighted by Gasteiger charge is -2.30. The van der Waals surface area contributed by atoms with Gasteiger partial charge in [0.2, 0.25) is 10.0 Å². The Morgan fingerprint density at radius 2 is 2.12 bits per heavy atom. The molecule has 4 nitrogen and oxygen atoms in total. The fraction of sp³-hybridized carbons (Fsp3) is 0.889. The maximum Gasteiger partial charge on any atom is 0.295 e. The van der Waals surface area contributed by atoms with Crippen molar-refractivity contribution in [3.63, 3.8) is 0 Å². The van der Waals surface area contributed by atoms with E-state index in [2.05, 4.69) is 0 Å². The molecule has 0 aromatic carbocycles. The quantitative estimate of drug-likeness (QED) is 0.749. The van der Waals surface area contributed by atoms with Crippen LogP contribution in [0.2, 0.25) is 0 Å². The van der Waals surface area contributed by atoms with Crippen molar-refractivity contribution in [2.45, 2.75) is 25.7 Å². The van der Waals surface area contributed by atoms with E-state index in [0.717, 1.165) is 6.26 Å². The summed E-state index contributed by atoms with van der Waals surface area (Å²) in [6.07, 6.45) is -0.846. The summed E-state index contributed by atoms with van der Waals surface area (Å²) in [4.78, 5) is 10.8. The van der Waals surface area contributed by atoms with E-state index in [1.807, 2.05) is 0 Å². The zero-order valence-electron chi connectivity index (χ0n) is 9.03. The summed E-state index contributed by atoms with van der Waals surface area (Å²) in [7, 11) is -3.28. The van der Waals surface area contributed by atoms with Gasteiger partial charge in [0.15, 0.2) is 5.78 Å². The molecule has 1 fully saturated rings. The van der Waals surface area contributed by atoms with E-state index in [-0.39, 0.29) is 18.9 Å². The van der Waals surface area contributed by atoms with Crippen LogP contribution in [0.1, 0.15) is 19.3 Å². The van der Waals surface area contributed by atoms with Crippen LogP contribution in [0.5, 0.6) is 0 Å². The van der Waals surface area contributed by atoms with Crippen molar-refractivity contribution < 1.29 is 22.0 Å². The number of sulfonamides is 1. The van der Waals surface area contributed by atoms with Crippen LogP contribution in [0.25, 0.3) is 0 Å². The summed E-state index contributed by atoms with van der Waals surface area (Å²) < 4.78 is 47.8. The fourth-order valence-corrected chi connectivity index (χ4v) is 2.81. The van der Waals surface area contributed by atoms with Gasteiger partial charge >= 0.3 is 0 Å². The SMILES string of the molecule is CS(=O)(=O)N1CCCC(CC(=O)C(F)F)C1.